The van der Waals surface area contributed by atoms with Gasteiger partial charge >= 0.3 is 0 Å². The normalized spacial score (nSPS) is 17.7. The fourth-order valence-corrected chi connectivity index (χ4v) is 3.00. The summed E-state index contributed by atoms with van der Waals surface area (Å²) >= 11 is 0. The largest absolute Gasteiger partial charge is 0.355 e. The number of nitrogens with two attached hydrogens (primary N) is 1. The first kappa shape index (κ1) is 15.7. The number of aromatic nitrogens is 3. The van der Waals surface area contributed by atoms with Crippen LogP contribution in [0.25, 0.3) is 22.8 Å². The van der Waals surface area contributed by atoms with E-state index in [1.165, 1.54) is 12.1 Å². The first-order valence-electron chi connectivity index (χ1n) is 8.25. The summed E-state index contributed by atoms with van der Waals surface area (Å²) < 4.78 is 18.6. The summed E-state index contributed by atoms with van der Waals surface area (Å²) in [5, 5.41) is 3.92. The van der Waals surface area contributed by atoms with Crippen molar-refractivity contribution >= 4 is 5.82 Å². The van der Waals surface area contributed by atoms with Gasteiger partial charge in [-0.05, 0) is 37.1 Å². The van der Waals surface area contributed by atoms with E-state index in [1.54, 1.807) is 18.3 Å². The number of nitrogens with zero attached hydrogens (tertiary/aromatic N) is 4. The van der Waals surface area contributed by atoms with E-state index in [2.05, 4.69) is 20.0 Å². The number of benzene rings is 1. The van der Waals surface area contributed by atoms with Crippen molar-refractivity contribution in [3.05, 3.63) is 48.4 Å². The second-order valence-electron chi connectivity index (χ2n) is 6.19. The molecule has 1 aliphatic rings. The van der Waals surface area contributed by atoms with Crippen LogP contribution in [0.3, 0.4) is 0 Å². The zero-order valence-electron chi connectivity index (χ0n) is 13.6. The van der Waals surface area contributed by atoms with Crippen LogP contribution in [0.1, 0.15) is 12.8 Å². The molecule has 0 radical (unpaired) electrons. The molecule has 4 rings (SSSR count). The highest BCUT2D eigenvalue weighted by Crippen LogP contribution is 2.24. The molecule has 0 saturated carbocycles. The SMILES string of the molecule is NC1CCCN(c2ccc(-c3nc(-c4cccc(F)c4)no3)cn2)C1. The molecule has 0 aliphatic carbocycles. The molecule has 7 heteroatoms. The average molecular weight is 339 g/mol. The molecule has 1 saturated heterocycles. The number of pyridine rings is 1. The lowest BCUT2D eigenvalue weighted by Gasteiger charge is -2.31. The molecule has 0 amide bonds. The van der Waals surface area contributed by atoms with Gasteiger partial charge in [0.2, 0.25) is 5.82 Å². The maximum atomic E-state index is 13.3. The summed E-state index contributed by atoms with van der Waals surface area (Å²) in [6.45, 7) is 1.78. The van der Waals surface area contributed by atoms with E-state index in [4.69, 9.17) is 10.3 Å². The van der Waals surface area contributed by atoms with Gasteiger partial charge in [-0.15, -0.1) is 0 Å². The molecule has 3 aromatic rings. The van der Waals surface area contributed by atoms with Crippen LogP contribution in [-0.4, -0.2) is 34.3 Å². The maximum Gasteiger partial charge on any atom is 0.259 e. The van der Waals surface area contributed by atoms with Crippen molar-refractivity contribution in [3.8, 4) is 22.8 Å². The smallest absolute Gasteiger partial charge is 0.259 e. The second kappa shape index (κ2) is 6.60. The molecule has 3 heterocycles. The molecule has 1 unspecified atom stereocenters. The molecule has 0 spiro atoms. The summed E-state index contributed by atoms with van der Waals surface area (Å²) in [5.41, 5.74) is 7.32. The van der Waals surface area contributed by atoms with E-state index in [0.29, 0.717) is 17.3 Å². The van der Waals surface area contributed by atoms with Crippen molar-refractivity contribution in [2.24, 2.45) is 5.73 Å². The second-order valence-corrected chi connectivity index (χ2v) is 6.19. The number of piperidine rings is 1. The van der Waals surface area contributed by atoms with Crippen molar-refractivity contribution in [1.82, 2.24) is 15.1 Å². The van der Waals surface area contributed by atoms with Crippen molar-refractivity contribution < 1.29 is 8.91 Å². The molecule has 2 aromatic heterocycles. The van der Waals surface area contributed by atoms with Crippen LogP contribution >= 0.6 is 0 Å². The number of hydrogen-bond donors (Lipinski definition) is 1. The Labute approximate surface area is 144 Å². The Balaban J connectivity index is 1.54. The first-order chi connectivity index (χ1) is 12.2. The molecular formula is C18H18FN5O. The van der Waals surface area contributed by atoms with Crippen LogP contribution in [0.5, 0.6) is 0 Å². The van der Waals surface area contributed by atoms with Crippen molar-refractivity contribution in [2.75, 3.05) is 18.0 Å². The summed E-state index contributed by atoms with van der Waals surface area (Å²) in [6, 6.07) is 10.1. The highest BCUT2D eigenvalue weighted by molar-refractivity contribution is 5.60. The summed E-state index contributed by atoms with van der Waals surface area (Å²) in [4.78, 5) is 11.0. The van der Waals surface area contributed by atoms with Gasteiger partial charge < -0.3 is 15.2 Å². The zero-order chi connectivity index (χ0) is 17.2. The van der Waals surface area contributed by atoms with Gasteiger partial charge in [0.05, 0.1) is 5.56 Å². The van der Waals surface area contributed by atoms with Gasteiger partial charge in [0.25, 0.3) is 5.89 Å². The zero-order valence-corrected chi connectivity index (χ0v) is 13.6. The fraction of sp³-hybridized carbons (Fsp3) is 0.278. The Morgan fingerprint density at radius 2 is 2.12 bits per heavy atom. The Kier molecular flexibility index (Phi) is 4.15. The van der Waals surface area contributed by atoms with Crippen molar-refractivity contribution in [1.29, 1.82) is 0 Å². The van der Waals surface area contributed by atoms with Crippen molar-refractivity contribution in [3.63, 3.8) is 0 Å². The van der Waals surface area contributed by atoms with Crippen LogP contribution in [-0.2, 0) is 0 Å². The number of halogens is 1. The minimum atomic E-state index is -0.338. The van der Waals surface area contributed by atoms with E-state index in [-0.39, 0.29) is 11.9 Å². The van der Waals surface area contributed by atoms with E-state index >= 15 is 0 Å². The third-order valence-electron chi connectivity index (χ3n) is 4.29. The quantitative estimate of drug-likeness (QED) is 0.790. The lowest BCUT2D eigenvalue weighted by atomic mass is 10.1. The lowest BCUT2D eigenvalue weighted by molar-refractivity contribution is 0.432. The third-order valence-corrected chi connectivity index (χ3v) is 4.29. The van der Waals surface area contributed by atoms with E-state index < -0.39 is 0 Å². The molecular weight excluding hydrogens is 321 g/mol. The van der Waals surface area contributed by atoms with Crippen LogP contribution in [0.15, 0.2) is 47.1 Å². The molecule has 1 aliphatic heterocycles. The Bertz CT molecular complexity index is 864. The van der Waals surface area contributed by atoms with Crippen LogP contribution < -0.4 is 10.6 Å². The van der Waals surface area contributed by atoms with Gasteiger partial charge in [-0.3, -0.25) is 0 Å². The van der Waals surface area contributed by atoms with Gasteiger partial charge in [0.1, 0.15) is 11.6 Å². The standard InChI is InChI=1S/C18H18FN5O/c19-14-4-1-3-12(9-14)17-22-18(25-23-17)13-6-7-16(21-10-13)24-8-2-5-15(20)11-24/h1,3-4,6-7,9-10,15H,2,5,8,11,20H2. The highest BCUT2D eigenvalue weighted by Gasteiger charge is 2.18. The van der Waals surface area contributed by atoms with Gasteiger partial charge in [0, 0.05) is 30.9 Å². The molecule has 6 nitrogen and oxygen atoms in total. The highest BCUT2D eigenvalue weighted by atomic mass is 19.1. The summed E-state index contributed by atoms with van der Waals surface area (Å²) in [6.07, 6.45) is 3.84. The molecule has 25 heavy (non-hydrogen) atoms. The lowest BCUT2D eigenvalue weighted by Crippen LogP contribution is -2.43. The maximum absolute atomic E-state index is 13.3. The molecule has 2 N–H and O–H groups in total. The van der Waals surface area contributed by atoms with Gasteiger partial charge in [0.15, 0.2) is 0 Å². The summed E-state index contributed by atoms with van der Waals surface area (Å²) in [7, 11) is 0. The Morgan fingerprint density at radius 3 is 2.88 bits per heavy atom. The average Bonchev–Trinajstić information content (AvgIpc) is 3.12. The van der Waals surface area contributed by atoms with Gasteiger partial charge in [-0.2, -0.15) is 4.98 Å². The monoisotopic (exact) mass is 339 g/mol. The van der Waals surface area contributed by atoms with E-state index in [1.807, 2.05) is 12.1 Å². The molecule has 0 bridgehead atoms. The number of anilines is 1. The fourth-order valence-electron chi connectivity index (χ4n) is 3.00. The molecule has 1 atom stereocenters. The van der Waals surface area contributed by atoms with Crippen LogP contribution in [0, 0.1) is 5.82 Å². The van der Waals surface area contributed by atoms with Crippen molar-refractivity contribution in [2.45, 2.75) is 18.9 Å². The Morgan fingerprint density at radius 1 is 1.20 bits per heavy atom. The first-order valence-corrected chi connectivity index (χ1v) is 8.25. The molecule has 1 aromatic carbocycles. The predicted octanol–water partition coefficient (Wildman–Crippen LogP) is 2.87. The number of hydrogen-bond acceptors (Lipinski definition) is 6. The summed E-state index contributed by atoms with van der Waals surface area (Å²) in [5.74, 6) is 1.26. The van der Waals surface area contributed by atoms with Gasteiger partial charge in [-0.1, -0.05) is 17.3 Å². The minimum Gasteiger partial charge on any atom is -0.355 e. The molecule has 128 valence electrons. The number of rotatable bonds is 3. The van der Waals surface area contributed by atoms with E-state index in [9.17, 15) is 4.39 Å². The van der Waals surface area contributed by atoms with Crippen LogP contribution in [0.4, 0.5) is 10.2 Å². The minimum absolute atomic E-state index is 0.194. The molecule has 1 fully saturated rings. The van der Waals surface area contributed by atoms with Gasteiger partial charge in [-0.25, -0.2) is 9.37 Å². The van der Waals surface area contributed by atoms with E-state index in [0.717, 1.165) is 37.3 Å². The van der Waals surface area contributed by atoms with Crippen LogP contribution in [0.2, 0.25) is 0 Å². The Hall–Kier alpha value is -2.80. The third kappa shape index (κ3) is 3.36. The topological polar surface area (TPSA) is 81.1 Å². The predicted molar refractivity (Wildman–Crippen MR) is 92.3 cm³/mol.